The van der Waals surface area contributed by atoms with Crippen LogP contribution in [0.3, 0.4) is 0 Å². The summed E-state index contributed by atoms with van der Waals surface area (Å²) in [4.78, 5) is 50.1. The summed E-state index contributed by atoms with van der Waals surface area (Å²) in [5.74, 6) is -1.08. The van der Waals surface area contributed by atoms with Gasteiger partial charge >= 0.3 is 11.9 Å². The van der Waals surface area contributed by atoms with Gasteiger partial charge in [0.05, 0.1) is 5.70 Å². The standard InChI is InChI=1S/C12H13N3O2.C4H6O3.Al.3H/c16-9-7-8(13-1-2-13)12(17)11(15-5-6-15)10(9)14-3-4-14;1-3(5)7-4(2)6;;;;/h7H,1-6H2;1-2H3;;;;. The van der Waals surface area contributed by atoms with E-state index in [4.69, 9.17) is 0 Å². The van der Waals surface area contributed by atoms with Crippen molar-refractivity contribution in [2.75, 3.05) is 39.3 Å². The van der Waals surface area contributed by atoms with Crippen molar-refractivity contribution >= 4 is 40.9 Å². The van der Waals surface area contributed by atoms with Crippen molar-refractivity contribution in [2.45, 2.75) is 13.8 Å². The molecular formula is C16H22AlN3O5. The van der Waals surface area contributed by atoms with Crippen molar-refractivity contribution in [3.8, 4) is 0 Å². The molecule has 134 valence electrons. The van der Waals surface area contributed by atoms with E-state index in [-0.39, 0.29) is 28.9 Å². The van der Waals surface area contributed by atoms with E-state index < -0.39 is 11.9 Å². The summed E-state index contributed by atoms with van der Waals surface area (Å²) in [5, 5.41) is 0. The van der Waals surface area contributed by atoms with Crippen LogP contribution in [0.1, 0.15) is 13.8 Å². The van der Waals surface area contributed by atoms with E-state index in [9.17, 15) is 19.2 Å². The van der Waals surface area contributed by atoms with E-state index in [1.165, 1.54) is 19.9 Å². The maximum Gasteiger partial charge on any atom is 0.310 e. The first-order valence-corrected chi connectivity index (χ1v) is 7.87. The van der Waals surface area contributed by atoms with E-state index in [0.29, 0.717) is 17.1 Å². The average molecular weight is 363 g/mol. The van der Waals surface area contributed by atoms with Crippen LogP contribution in [-0.4, -0.2) is 94.8 Å². The Bertz CT molecular complexity index is 676. The number of hydrogen-bond acceptors (Lipinski definition) is 8. The zero-order valence-electron chi connectivity index (χ0n) is 13.7. The van der Waals surface area contributed by atoms with Gasteiger partial charge in [-0.2, -0.15) is 0 Å². The zero-order chi connectivity index (χ0) is 17.4. The van der Waals surface area contributed by atoms with E-state index in [2.05, 4.69) is 4.74 Å². The second kappa shape index (κ2) is 7.42. The molecule has 3 saturated heterocycles. The maximum absolute atomic E-state index is 12.4. The molecule has 0 amide bonds. The van der Waals surface area contributed by atoms with Gasteiger partial charge in [0.2, 0.25) is 11.6 Å². The van der Waals surface area contributed by atoms with Gasteiger partial charge in [0, 0.05) is 59.2 Å². The summed E-state index contributed by atoms with van der Waals surface area (Å²) in [7, 11) is 0. The van der Waals surface area contributed by atoms with Crippen molar-refractivity contribution in [1.82, 2.24) is 14.7 Å². The fraction of sp³-hybridized carbons (Fsp3) is 0.500. The van der Waals surface area contributed by atoms with E-state index in [1.807, 2.05) is 14.7 Å². The van der Waals surface area contributed by atoms with Gasteiger partial charge in [-0.25, -0.2) is 0 Å². The Kier molecular flexibility index (Phi) is 5.70. The summed E-state index contributed by atoms with van der Waals surface area (Å²) in [6.45, 7) is 7.77. The molecule has 0 saturated carbocycles. The molecule has 0 bridgehead atoms. The van der Waals surface area contributed by atoms with Gasteiger partial charge in [-0.1, -0.05) is 0 Å². The Labute approximate surface area is 156 Å². The fourth-order valence-electron chi connectivity index (χ4n) is 2.48. The fourth-order valence-corrected chi connectivity index (χ4v) is 2.48. The molecule has 0 unspecified atom stereocenters. The third-order valence-electron chi connectivity index (χ3n) is 3.78. The lowest BCUT2D eigenvalue weighted by Crippen LogP contribution is -2.29. The first kappa shape index (κ1) is 19.2. The molecule has 0 N–H and O–H groups in total. The lowest BCUT2D eigenvalue weighted by Gasteiger charge is -2.21. The minimum absolute atomic E-state index is 0. The first-order chi connectivity index (χ1) is 11.4. The molecule has 3 heterocycles. The van der Waals surface area contributed by atoms with Crippen LogP contribution in [0.25, 0.3) is 0 Å². The van der Waals surface area contributed by atoms with Gasteiger partial charge in [0.1, 0.15) is 11.4 Å². The lowest BCUT2D eigenvalue weighted by molar-refractivity contribution is -0.156. The van der Waals surface area contributed by atoms with E-state index in [0.717, 1.165) is 39.3 Å². The minimum Gasteiger partial charge on any atom is -0.394 e. The molecule has 25 heavy (non-hydrogen) atoms. The van der Waals surface area contributed by atoms with Crippen LogP contribution in [0.15, 0.2) is 23.2 Å². The van der Waals surface area contributed by atoms with Crippen LogP contribution < -0.4 is 0 Å². The molecule has 0 aromatic rings. The lowest BCUT2D eigenvalue weighted by atomic mass is 10.0. The Morgan fingerprint density at radius 3 is 1.64 bits per heavy atom. The van der Waals surface area contributed by atoms with Gasteiger partial charge in [-0.3, -0.25) is 19.2 Å². The zero-order valence-corrected chi connectivity index (χ0v) is 13.7. The molecule has 0 aromatic heterocycles. The molecule has 9 heteroatoms. The number of allylic oxidation sites excluding steroid dienone is 1. The maximum atomic E-state index is 12.4. The Hall–Kier alpha value is -2.11. The number of ketones is 2. The third-order valence-corrected chi connectivity index (χ3v) is 3.78. The molecule has 0 spiro atoms. The molecule has 0 radical (unpaired) electrons. The molecule has 4 rings (SSSR count). The highest BCUT2D eigenvalue weighted by atomic mass is 27.0. The number of rotatable bonds is 3. The number of carbonyl (C=O) groups excluding carboxylic acids is 4. The summed E-state index contributed by atoms with van der Waals surface area (Å²) < 4.78 is 3.97. The minimum atomic E-state index is -0.562. The Morgan fingerprint density at radius 1 is 0.840 bits per heavy atom. The summed E-state index contributed by atoms with van der Waals surface area (Å²) >= 11 is 0. The van der Waals surface area contributed by atoms with Crippen molar-refractivity contribution in [1.29, 1.82) is 0 Å². The number of hydrogen-bond donors (Lipinski definition) is 0. The normalized spacial score (nSPS) is 20.2. The van der Waals surface area contributed by atoms with Crippen LogP contribution in [0.4, 0.5) is 0 Å². The van der Waals surface area contributed by atoms with E-state index >= 15 is 0 Å². The predicted octanol–water partition coefficient (Wildman–Crippen LogP) is -1.91. The molecule has 3 aliphatic heterocycles. The van der Waals surface area contributed by atoms with Crippen LogP contribution >= 0.6 is 0 Å². The number of ether oxygens (including phenoxy) is 1. The van der Waals surface area contributed by atoms with Crippen molar-refractivity contribution in [2.24, 2.45) is 0 Å². The van der Waals surface area contributed by atoms with Gasteiger partial charge in [0.15, 0.2) is 17.4 Å². The molecule has 0 atom stereocenters. The number of esters is 2. The van der Waals surface area contributed by atoms with Crippen molar-refractivity contribution in [3.05, 3.63) is 23.2 Å². The van der Waals surface area contributed by atoms with Crippen LogP contribution in [0.5, 0.6) is 0 Å². The van der Waals surface area contributed by atoms with Crippen LogP contribution in [0.2, 0.25) is 0 Å². The van der Waals surface area contributed by atoms with Gasteiger partial charge < -0.3 is 19.4 Å². The second-order valence-electron chi connectivity index (χ2n) is 5.97. The number of carbonyl (C=O) groups is 4. The molecule has 0 aromatic carbocycles. The highest BCUT2D eigenvalue weighted by Gasteiger charge is 2.43. The number of Topliss-reactive ketones (excluding diaryl/α,β-unsaturated/α-hetero) is 1. The van der Waals surface area contributed by atoms with Crippen molar-refractivity contribution < 1.29 is 23.9 Å². The molecule has 3 fully saturated rings. The largest absolute Gasteiger partial charge is 0.394 e. The number of nitrogens with zero attached hydrogens (tertiary/aromatic N) is 3. The third kappa shape index (κ3) is 4.71. The first-order valence-electron chi connectivity index (χ1n) is 7.87. The Balaban J connectivity index is 0.000000246. The van der Waals surface area contributed by atoms with Gasteiger partial charge in [-0.05, 0) is 0 Å². The average Bonchev–Trinajstić information content (AvgIpc) is 3.36. The smallest absolute Gasteiger partial charge is 0.310 e. The summed E-state index contributed by atoms with van der Waals surface area (Å²) in [5.41, 5.74) is 1.89. The molecular weight excluding hydrogens is 341 g/mol. The predicted molar refractivity (Wildman–Crippen MR) is 92.2 cm³/mol. The Morgan fingerprint density at radius 2 is 1.28 bits per heavy atom. The van der Waals surface area contributed by atoms with Crippen LogP contribution in [0, 0.1) is 0 Å². The second-order valence-corrected chi connectivity index (χ2v) is 5.97. The van der Waals surface area contributed by atoms with Gasteiger partial charge in [0.25, 0.3) is 0 Å². The van der Waals surface area contributed by atoms with Gasteiger partial charge in [-0.15, -0.1) is 0 Å². The molecule has 4 aliphatic rings. The molecule has 8 nitrogen and oxygen atoms in total. The van der Waals surface area contributed by atoms with E-state index in [1.54, 1.807) is 0 Å². The molecule has 1 aliphatic carbocycles. The quantitative estimate of drug-likeness (QED) is 0.189. The summed E-state index contributed by atoms with van der Waals surface area (Å²) in [6, 6.07) is 0. The van der Waals surface area contributed by atoms with Crippen LogP contribution in [-0.2, 0) is 23.9 Å². The topological polar surface area (TPSA) is 86.5 Å². The van der Waals surface area contributed by atoms with Crippen molar-refractivity contribution in [3.63, 3.8) is 0 Å². The summed E-state index contributed by atoms with van der Waals surface area (Å²) in [6.07, 6.45) is 1.52. The SMILES string of the molecule is CC(=O)OC(C)=O.O=C1C=C(N2CC2)C(=O)C(N2CC2)=C1N1CC1.[AlH3]. The monoisotopic (exact) mass is 363 g/mol. The highest BCUT2D eigenvalue weighted by Crippen LogP contribution is 2.33. The highest BCUT2D eigenvalue weighted by molar-refractivity contribution is 6.22.